The molecule has 0 radical (unpaired) electrons. The number of para-hydroxylation sites is 1. The second kappa shape index (κ2) is 6.39. The van der Waals surface area contributed by atoms with Gasteiger partial charge in [-0.3, -0.25) is 0 Å². The first-order valence-electron chi connectivity index (χ1n) is 12.0. The lowest BCUT2D eigenvalue weighted by Crippen LogP contribution is -2.15. The number of hydrogen-bond donors (Lipinski definition) is 0. The molecule has 2 aromatic heterocycles. The minimum atomic E-state index is -0.0843. The lowest BCUT2D eigenvalue weighted by Gasteiger charge is -2.22. The van der Waals surface area contributed by atoms with Crippen LogP contribution in [0.25, 0.3) is 60.5 Å². The molecule has 7 aromatic rings. The van der Waals surface area contributed by atoms with Gasteiger partial charge in [0.2, 0.25) is 0 Å². The van der Waals surface area contributed by atoms with E-state index < -0.39 is 0 Å². The van der Waals surface area contributed by atoms with Crippen molar-refractivity contribution < 1.29 is 4.42 Å². The first-order valence-corrected chi connectivity index (χ1v) is 12.0. The van der Waals surface area contributed by atoms with Crippen molar-refractivity contribution in [1.82, 2.24) is 9.55 Å². The van der Waals surface area contributed by atoms with E-state index >= 15 is 0 Å². The summed E-state index contributed by atoms with van der Waals surface area (Å²) in [6.45, 7) is 4.71. The van der Waals surface area contributed by atoms with Crippen LogP contribution in [0.4, 0.5) is 0 Å². The van der Waals surface area contributed by atoms with Crippen LogP contribution in [-0.2, 0) is 5.41 Å². The summed E-state index contributed by atoms with van der Waals surface area (Å²) in [4.78, 5) is 4.30. The van der Waals surface area contributed by atoms with Crippen molar-refractivity contribution in [3.8, 4) is 16.8 Å². The molecule has 0 saturated carbocycles. The van der Waals surface area contributed by atoms with Crippen molar-refractivity contribution in [3.05, 3.63) is 109 Å². The molecule has 0 unspecified atom stereocenters. The van der Waals surface area contributed by atoms with Crippen LogP contribution < -0.4 is 0 Å². The fourth-order valence-electron chi connectivity index (χ4n) is 6.14. The third-order valence-electron chi connectivity index (χ3n) is 7.91. The van der Waals surface area contributed by atoms with E-state index in [1.807, 2.05) is 6.07 Å². The number of benzene rings is 5. The van der Waals surface area contributed by atoms with Crippen LogP contribution in [0, 0.1) is 0 Å². The van der Waals surface area contributed by atoms with Crippen LogP contribution in [0.2, 0.25) is 0 Å². The fourth-order valence-corrected chi connectivity index (χ4v) is 6.14. The molecule has 166 valence electrons. The molecule has 35 heavy (non-hydrogen) atoms. The molecule has 0 amide bonds. The van der Waals surface area contributed by atoms with Crippen molar-refractivity contribution in [2.75, 3.05) is 0 Å². The molecule has 0 atom stereocenters. The van der Waals surface area contributed by atoms with E-state index in [1.54, 1.807) is 0 Å². The highest BCUT2D eigenvalue weighted by molar-refractivity contribution is 6.12. The van der Waals surface area contributed by atoms with Gasteiger partial charge in [-0.05, 0) is 75.5 Å². The van der Waals surface area contributed by atoms with Crippen molar-refractivity contribution in [2.45, 2.75) is 19.3 Å². The lowest BCUT2D eigenvalue weighted by molar-refractivity contribution is 0.602. The van der Waals surface area contributed by atoms with E-state index in [4.69, 9.17) is 4.42 Å². The largest absolute Gasteiger partial charge is 0.443 e. The van der Waals surface area contributed by atoms with Crippen LogP contribution >= 0.6 is 0 Å². The molecule has 2 heterocycles. The van der Waals surface area contributed by atoms with Crippen LogP contribution in [0.3, 0.4) is 0 Å². The topological polar surface area (TPSA) is 31.0 Å². The van der Waals surface area contributed by atoms with Gasteiger partial charge in [-0.25, -0.2) is 4.98 Å². The first-order chi connectivity index (χ1) is 17.1. The predicted octanol–water partition coefficient (Wildman–Crippen LogP) is 8.38. The van der Waals surface area contributed by atoms with Gasteiger partial charge < -0.3 is 8.98 Å². The number of nitrogens with zero attached hydrogens (tertiary/aromatic N) is 2. The van der Waals surface area contributed by atoms with Crippen molar-refractivity contribution in [3.63, 3.8) is 0 Å². The van der Waals surface area contributed by atoms with Crippen LogP contribution in [0.5, 0.6) is 0 Å². The summed E-state index contributed by atoms with van der Waals surface area (Å²) in [6, 6.07) is 33.2. The number of aromatic nitrogens is 2. The molecule has 1 aliphatic carbocycles. The molecule has 0 aliphatic heterocycles. The lowest BCUT2D eigenvalue weighted by atomic mass is 9.81. The fraction of sp³-hybridized carbons (Fsp3) is 0.0938. The highest BCUT2D eigenvalue weighted by Crippen LogP contribution is 2.52. The van der Waals surface area contributed by atoms with Gasteiger partial charge in [0.1, 0.15) is 5.52 Å². The molecule has 3 nitrogen and oxygen atoms in total. The van der Waals surface area contributed by atoms with E-state index in [0.29, 0.717) is 0 Å². The molecule has 0 N–H and O–H groups in total. The molecule has 0 bridgehead atoms. The van der Waals surface area contributed by atoms with Gasteiger partial charge in [0.15, 0.2) is 12.0 Å². The van der Waals surface area contributed by atoms with Gasteiger partial charge >= 0.3 is 0 Å². The maximum absolute atomic E-state index is 5.64. The summed E-state index contributed by atoms with van der Waals surface area (Å²) >= 11 is 0. The maximum Gasteiger partial charge on any atom is 0.181 e. The SMILES string of the molecule is CC1(C)c2cc3ccccc3cc2-c2cc3c4ccccc4n(-c4ccc5ncoc5c4)c3cc21. The van der Waals surface area contributed by atoms with Gasteiger partial charge in [-0.1, -0.05) is 56.3 Å². The van der Waals surface area contributed by atoms with Crippen molar-refractivity contribution in [1.29, 1.82) is 0 Å². The zero-order valence-electron chi connectivity index (χ0n) is 19.5. The van der Waals surface area contributed by atoms with Gasteiger partial charge in [0.05, 0.1) is 16.7 Å². The molecule has 8 rings (SSSR count). The zero-order chi connectivity index (χ0) is 23.3. The average Bonchev–Trinajstić information content (AvgIpc) is 3.53. The Morgan fingerprint density at radius 3 is 2.31 bits per heavy atom. The van der Waals surface area contributed by atoms with E-state index in [0.717, 1.165) is 16.8 Å². The summed E-state index contributed by atoms with van der Waals surface area (Å²) in [5, 5.41) is 5.12. The molecule has 5 aromatic carbocycles. The number of hydrogen-bond acceptors (Lipinski definition) is 2. The van der Waals surface area contributed by atoms with E-state index in [-0.39, 0.29) is 5.41 Å². The quantitative estimate of drug-likeness (QED) is 0.251. The Morgan fingerprint density at radius 1 is 0.686 bits per heavy atom. The molecule has 0 spiro atoms. The van der Waals surface area contributed by atoms with E-state index in [2.05, 4.69) is 108 Å². The third kappa shape index (κ3) is 2.42. The van der Waals surface area contributed by atoms with Gasteiger partial charge in [0.25, 0.3) is 0 Å². The minimum absolute atomic E-state index is 0.0843. The van der Waals surface area contributed by atoms with Gasteiger partial charge in [0, 0.05) is 22.3 Å². The maximum atomic E-state index is 5.64. The molecule has 0 fully saturated rings. The zero-order valence-corrected chi connectivity index (χ0v) is 19.5. The smallest absolute Gasteiger partial charge is 0.181 e. The van der Waals surface area contributed by atoms with Gasteiger partial charge in [-0.15, -0.1) is 0 Å². The summed E-state index contributed by atoms with van der Waals surface area (Å²) in [5.74, 6) is 0. The molecular formula is C32H22N2O. The first kappa shape index (κ1) is 19.0. The highest BCUT2D eigenvalue weighted by atomic mass is 16.3. The second-order valence-electron chi connectivity index (χ2n) is 10.1. The normalized spacial score (nSPS) is 14.2. The van der Waals surface area contributed by atoms with Crippen LogP contribution in [0.15, 0.2) is 102 Å². The number of fused-ring (bicyclic) bond motifs is 8. The van der Waals surface area contributed by atoms with Crippen molar-refractivity contribution in [2.24, 2.45) is 0 Å². The van der Waals surface area contributed by atoms with Gasteiger partial charge in [-0.2, -0.15) is 0 Å². The Balaban J connectivity index is 1.49. The van der Waals surface area contributed by atoms with Crippen LogP contribution in [-0.4, -0.2) is 9.55 Å². The summed E-state index contributed by atoms with van der Waals surface area (Å²) in [7, 11) is 0. The Bertz CT molecular complexity index is 1990. The second-order valence-corrected chi connectivity index (χ2v) is 10.1. The van der Waals surface area contributed by atoms with Crippen molar-refractivity contribution >= 4 is 43.7 Å². The highest BCUT2D eigenvalue weighted by Gasteiger charge is 2.36. The Kier molecular flexibility index (Phi) is 3.47. The average molecular weight is 451 g/mol. The standard InChI is InChI=1S/C32H22N2O/c1-32(2)26-14-20-8-4-3-7-19(20)13-23(26)24-16-25-22-9-5-6-10-29(22)34(30(25)17-27(24)32)21-11-12-28-31(15-21)35-18-33-28/h3-18H,1-2H3. The van der Waals surface area contributed by atoms with E-state index in [9.17, 15) is 0 Å². The minimum Gasteiger partial charge on any atom is -0.443 e. The monoisotopic (exact) mass is 450 g/mol. The van der Waals surface area contributed by atoms with E-state index in [1.165, 1.54) is 61.2 Å². The number of rotatable bonds is 1. The Labute approximate surface area is 202 Å². The molecule has 0 saturated heterocycles. The number of oxazole rings is 1. The molecule has 1 aliphatic rings. The Hall–Kier alpha value is -4.37. The Morgan fingerprint density at radius 2 is 1.43 bits per heavy atom. The summed E-state index contributed by atoms with van der Waals surface area (Å²) in [6.07, 6.45) is 1.51. The van der Waals surface area contributed by atoms with Crippen LogP contribution in [0.1, 0.15) is 25.0 Å². The molecular weight excluding hydrogens is 428 g/mol. The molecule has 3 heteroatoms. The summed E-state index contributed by atoms with van der Waals surface area (Å²) in [5.41, 5.74) is 10.6. The predicted molar refractivity (Wildman–Crippen MR) is 143 cm³/mol. The summed E-state index contributed by atoms with van der Waals surface area (Å²) < 4.78 is 8.01. The third-order valence-corrected chi connectivity index (χ3v) is 7.91.